The molecule has 0 spiro atoms. The molecule has 2 aromatic heterocycles. The second kappa shape index (κ2) is 7.43. The molecule has 0 fully saturated rings. The summed E-state index contributed by atoms with van der Waals surface area (Å²) in [5.41, 5.74) is -0.584. The predicted molar refractivity (Wildman–Crippen MR) is 91.4 cm³/mol. The molecular weight excluding hydrogens is 385 g/mol. The van der Waals surface area contributed by atoms with Gasteiger partial charge in [-0.3, -0.25) is 9.20 Å². The molecule has 1 amide bonds. The monoisotopic (exact) mass is 398 g/mol. The van der Waals surface area contributed by atoms with Crippen LogP contribution in [-0.4, -0.2) is 26.6 Å². The van der Waals surface area contributed by atoms with Crippen molar-refractivity contribution in [2.75, 3.05) is 0 Å². The fourth-order valence-electron chi connectivity index (χ4n) is 2.31. The van der Waals surface area contributed by atoms with E-state index in [0.717, 1.165) is 12.3 Å². The van der Waals surface area contributed by atoms with Crippen molar-refractivity contribution in [1.29, 1.82) is 0 Å². The molecule has 2 heterocycles. The molecule has 1 aromatic carbocycles. The van der Waals surface area contributed by atoms with Crippen LogP contribution < -0.4 is 10.1 Å². The Bertz CT molecular complexity index is 957. The molecule has 0 radical (unpaired) electrons. The maximum absolute atomic E-state index is 12.9. The lowest BCUT2D eigenvalue weighted by Gasteiger charge is -2.14. The first kappa shape index (κ1) is 19.0. The summed E-state index contributed by atoms with van der Waals surface area (Å²) in [5, 5.41) is 10.7. The number of fused-ring (bicyclic) bond motifs is 1. The van der Waals surface area contributed by atoms with E-state index in [2.05, 4.69) is 15.5 Å². The average molecular weight is 399 g/mol. The number of aromatic nitrogens is 3. The maximum atomic E-state index is 12.9. The molecule has 142 valence electrons. The van der Waals surface area contributed by atoms with Gasteiger partial charge in [-0.2, -0.15) is 13.2 Å². The number of hydrogen-bond donors (Lipinski definition) is 1. The van der Waals surface area contributed by atoms with E-state index in [1.165, 1.54) is 10.5 Å². The zero-order valence-electron chi connectivity index (χ0n) is 14.0. The number of ether oxygens (including phenoxy) is 1. The van der Waals surface area contributed by atoms with Gasteiger partial charge in [0.05, 0.1) is 12.1 Å². The molecule has 0 saturated heterocycles. The van der Waals surface area contributed by atoms with E-state index in [1.54, 1.807) is 31.2 Å². The standard InChI is InChI=1S/C17H14ClF3N4O2/c1-10(27-13-5-3-12(18)4-6-13)16(26)22-8-15-24-23-14-7-2-11(9-25(14)15)17(19,20)21/h2-7,9-10H,8H2,1H3,(H,22,26)/t10-/m0/s1. The van der Waals surface area contributed by atoms with Crippen LogP contribution in [0, 0.1) is 0 Å². The summed E-state index contributed by atoms with van der Waals surface area (Å²) in [4.78, 5) is 12.2. The number of nitrogens with zero attached hydrogens (tertiary/aromatic N) is 3. The van der Waals surface area contributed by atoms with Gasteiger partial charge >= 0.3 is 6.18 Å². The molecule has 0 aliphatic carbocycles. The second-order valence-electron chi connectivity index (χ2n) is 5.69. The van der Waals surface area contributed by atoms with Crippen molar-refractivity contribution in [2.24, 2.45) is 0 Å². The highest BCUT2D eigenvalue weighted by Gasteiger charge is 2.31. The first-order valence-corrected chi connectivity index (χ1v) is 8.22. The molecule has 1 atom stereocenters. The number of alkyl halides is 3. The molecule has 3 aromatic rings. The van der Waals surface area contributed by atoms with Crippen LogP contribution in [0.4, 0.5) is 13.2 Å². The fraction of sp³-hybridized carbons (Fsp3) is 0.235. The summed E-state index contributed by atoms with van der Waals surface area (Å²) >= 11 is 5.78. The minimum Gasteiger partial charge on any atom is -0.481 e. The van der Waals surface area contributed by atoms with E-state index >= 15 is 0 Å². The Morgan fingerprint density at radius 1 is 1.22 bits per heavy atom. The molecule has 0 saturated carbocycles. The van der Waals surface area contributed by atoms with Crippen LogP contribution in [0.15, 0.2) is 42.6 Å². The molecular formula is C17H14ClF3N4O2. The Hall–Kier alpha value is -2.81. The van der Waals surface area contributed by atoms with Gasteiger partial charge in [0, 0.05) is 11.2 Å². The zero-order valence-corrected chi connectivity index (χ0v) is 14.8. The molecule has 0 aliphatic rings. The van der Waals surface area contributed by atoms with Crippen LogP contribution in [0.2, 0.25) is 5.02 Å². The van der Waals surface area contributed by atoms with Gasteiger partial charge in [-0.05, 0) is 43.3 Å². The van der Waals surface area contributed by atoms with E-state index in [0.29, 0.717) is 10.8 Å². The van der Waals surface area contributed by atoms with E-state index in [9.17, 15) is 18.0 Å². The highest BCUT2D eigenvalue weighted by atomic mass is 35.5. The number of halogens is 4. The lowest BCUT2D eigenvalue weighted by Crippen LogP contribution is -2.36. The van der Waals surface area contributed by atoms with Crippen LogP contribution in [0.25, 0.3) is 5.65 Å². The van der Waals surface area contributed by atoms with Crippen molar-refractivity contribution < 1.29 is 22.7 Å². The lowest BCUT2D eigenvalue weighted by molar-refractivity contribution is -0.138. The molecule has 3 rings (SSSR count). The van der Waals surface area contributed by atoms with Crippen molar-refractivity contribution in [3.63, 3.8) is 0 Å². The Kier molecular flexibility index (Phi) is 5.22. The van der Waals surface area contributed by atoms with E-state index < -0.39 is 23.8 Å². The van der Waals surface area contributed by atoms with Crippen molar-refractivity contribution in [2.45, 2.75) is 25.7 Å². The number of carbonyl (C=O) groups is 1. The Balaban J connectivity index is 1.66. The van der Waals surface area contributed by atoms with E-state index in [4.69, 9.17) is 16.3 Å². The van der Waals surface area contributed by atoms with Crippen molar-refractivity contribution in [3.8, 4) is 5.75 Å². The number of carbonyl (C=O) groups excluding carboxylic acids is 1. The Morgan fingerprint density at radius 3 is 2.59 bits per heavy atom. The molecule has 0 unspecified atom stereocenters. The van der Waals surface area contributed by atoms with Crippen LogP contribution >= 0.6 is 11.6 Å². The highest BCUT2D eigenvalue weighted by Crippen LogP contribution is 2.29. The average Bonchev–Trinajstić information content (AvgIpc) is 3.03. The SMILES string of the molecule is C[C@H](Oc1ccc(Cl)cc1)C(=O)NCc1nnc2ccc(C(F)(F)F)cn12. The number of pyridine rings is 1. The third kappa shape index (κ3) is 4.48. The van der Waals surface area contributed by atoms with E-state index in [-0.39, 0.29) is 18.0 Å². The van der Waals surface area contributed by atoms with Gasteiger partial charge in [-0.1, -0.05) is 11.6 Å². The summed E-state index contributed by atoms with van der Waals surface area (Å²) in [6.07, 6.45) is -4.42. The molecule has 10 heteroatoms. The number of amides is 1. The predicted octanol–water partition coefficient (Wildman–Crippen LogP) is 3.49. The molecule has 0 bridgehead atoms. The fourth-order valence-corrected chi connectivity index (χ4v) is 2.43. The molecule has 0 aliphatic heterocycles. The van der Waals surface area contributed by atoms with Crippen molar-refractivity contribution >= 4 is 23.2 Å². The summed E-state index contributed by atoms with van der Waals surface area (Å²) in [6, 6.07) is 8.64. The van der Waals surface area contributed by atoms with Crippen LogP contribution in [0.5, 0.6) is 5.75 Å². The van der Waals surface area contributed by atoms with Gasteiger partial charge in [-0.15, -0.1) is 10.2 Å². The van der Waals surface area contributed by atoms with Crippen molar-refractivity contribution in [1.82, 2.24) is 19.9 Å². The molecule has 1 N–H and O–H groups in total. The lowest BCUT2D eigenvalue weighted by atomic mass is 10.3. The number of nitrogens with one attached hydrogen (secondary N) is 1. The van der Waals surface area contributed by atoms with Gasteiger partial charge in [-0.25, -0.2) is 0 Å². The van der Waals surface area contributed by atoms with Crippen molar-refractivity contribution in [3.05, 3.63) is 59.0 Å². The third-order valence-corrected chi connectivity index (χ3v) is 3.97. The summed E-state index contributed by atoms with van der Waals surface area (Å²) < 4.78 is 45.2. The summed E-state index contributed by atoms with van der Waals surface area (Å²) in [5.74, 6) is 0.182. The largest absolute Gasteiger partial charge is 0.481 e. The van der Waals surface area contributed by atoms with Crippen LogP contribution in [0.3, 0.4) is 0 Å². The second-order valence-corrected chi connectivity index (χ2v) is 6.13. The number of benzene rings is 1. The quantitative estimate of drug-likeness (QED) is 0.714. The van der Waals surface area contributed by atoms with Gasteiger partial charge in [0.2, 0.25) is 0 Å². The zero-order chi connectivity index (χ0) is 19.6. The Labute approximate surface area is 156 Å². The first-order valence-electron chi connectivity index (χ1n) is 7.85. The Morgan fingerprint density at radius 2 is 1.93 bits per heavy atom. The maximum Gasteiger partial charge on any atom is 0.417 e. The minimum atomic E-state index is -4.49. The smallest absolute Gasteiger partial charge is 0.417 e. The number of rotatable bonds is 5. The van der Waals surface area contributed by atoms with Gasteiger partial charge in [0.25, 0.3) is 5.91 Å². The van der Waals surface area contributed by atoms with Gasteiger partial charge < -0.3 is 10.1 Å². The minimum absolute atomic E-state index is 0.102. The summed E-state index contributed by atoms with van der Waals surface area (Å²) in [7, 11) is 0. The highest BCUT2D eigenvalue weighted by molar-refractivity contribution is 6.30. The third-order valence-electron chi connectivity index (χ3n) is 3.72. The molecule has 27 heavy (non-hydrogen) atoms. The van der Waals surface area contributed by atoms with Crippen LogP contribution in [-0.2, 0) is 17.5 Å². The molecule has 6 nitrogen and oxygen atoms in total. The number of hydrogen-bond acceptors (Lipinski definition) is 4. The topological polar surface area (TPSA) is 68.5 Å². The van der Waals surface area contributed by atoms with Gasteiger partial charge in [0.1, 0.15) is 5.75 Å². The van der Waals surface area contributed by atoms with Gasteiger partial charge in [0.15, 0.2) is 17.6 Å². The summed E-state index contributed by atoms with van der Waals surface area (Å²) in [6.45, 7) is 1.45. The normalized spacial score (nSPS) is 12.8. The van der Waals surface area contributed by atoms with E-state index in [1.807, 2.05) is 0 Å². The first-order chi connectivity index (χ1) is 12.7. The van der Waals surface area contributed by atoms with Crippen LogP contribution in [0.1, 0.15) is 18.3 Å².